The number of epoxide rings is 2. The number of ether oxygens (including phenoxy) is 4. The molecule has 5 rings (SSSR count). The van der Waals surface area contributed by atoms with Gasteiger partial charge in [0, 0.05) is 13.0 Å². The molecule has 32 heavy (non-hydrogen) atoms. The molecule has 0 saturated carbocycles. The molecule has 4 heterocycles. The second kappa shape index (κ2) is 10.1. The van der Waals surface area contributed by atoms with Crippen molar-refractivity contribution in [3.05, 3.63) is 35.9 Å². The first-order valence-corrected chi connectivity index (χ1v) is 13.9. The van der Waals surface area contributed by atoms with E-state index in [0.29, 0.717) is 0 Å². The highest BCUT2D eigenvalue weighted by Gasteiger charge is 2.55. The maximum atomic E-state index is 9.84. The van der Waals surface area contributed by atoms with E-state index in [2.05, 4.69) is 34.3 Å². The van der Waals surface area contributed by atoms with Gasteiger partial charge in [-0.1, -0.05) is 51.9 Å². The third-order valence-electron chi connectivity index (χ3n) is 6.63. The summed E-state index contributed by atoms with van der Waals surface area (Å²) in [5.74, 6) is 0. The number of aliphatic hydroxyl groups excluding tert-OH is 1. The van der Waals surface area contributed by atoms with Crippen molar-refractivity contribution in [3.63, 3.8) is 0 Å². The highest BCUT2D eigenvalue weighted by molar-refractivity contribution is 8.76. The van der Waals surface area contributed by atoms with E-state index in [9.17, 15) is 5.11 Å². The molecule has 0 radical (unpaired) electrons. The number of hydrogen-bond acceptors (Lipinski definition) is 10. The smallest absolute Gasteiger partial charge is 0.155 e. The normalized spacial score (nSPS) is 40.6. The van der Waals surface area contributed by atoms with Gasteiger partial charge in [-0.25, -0.2) is 4.90 Å². The van der Waals surface area contributed by atoms with Crippen LogP contribution in [0.1, 0.15) is 31.4 Å². The Labute approximate surface area is 197 Å². The van der Waals surface area contributed by atoms with Crippen molar-refractivity contribution >= 4 is 21.6 Å². The number of rotatable bonds is 9. The maximum absolute atomic E-state index is 9.84. The zero-order valence-electron chi connectivity index (χ0n) is 18.7. The van der Waals surface area contributed by atoms with Crippen molar-refractivity contribution in [2.75, 3.05) is 26.5 Å². The third kappa shape index (κ3) is 5.00. The summed E-state index contributed by atoms with van der Waals surface area (Å²) in [5, 5.41) is 13.5. The molecule has 4 aliphatic heterocycles. The van der Waals surface area contributed by atoms with Crippen molar-refractivity contribution in [3.8, 4) is 0 Å². The highest BCUT2D eigenvalue weighted by atomic mass is 33.1. The Kier molecular flexibility index (Phi) is 7.35. The van der Waals surface area contributed by atoms with Gasteiger partial charge in [-0.15, -0.1) is 0 Å². The summed E-state index contributed by atoms with van der Waals surface area (Å²) >= 11 is 0. The fourth-order valence-electron chi connectivity index (χ4n) is 4.87. The SMILES string of the molecule is CSSC(C)OC1CC(N2CCC(NC3OC3c3ccccc3)N(C)C3OC32)OC1CO. The van der Waals surface area contributed by atoms with Gasteiger partial charge in [-0.2, -0.15) is 0 Å². The van der Waals surface area contributed by atoms with Gasteiger partial charge in [0.1, 0.15) is 30.1 Å². The van der Waals surface area contributed by atoms with Crippen LogP contribution in [0.15, 0.2) is 30.3 Å². The number of benzene rings is 1. The minimum absolute atomic E-state index is 0.0120. The van der Waals surface area contributed by atoms with Gasteiger partial charge in [0.25, 0.3) is 0 Å². The quantitative estimate of drug-likeness (QED) is 0.310. The fourth-order valence-corrected chi connectivity index (χ4v) is 6.28. The van der Waals surface area contributed by atoms with Gasteiger partial charge >= 0.3 is 0 Å². The Bertz CT molecular complexity index is 764. The monoisotopic (exact) mass is 483 g/mol. The summed E-state index contributed by atoms with van der Waals surface area (Å²) in [6.45, 7) is 2.85. The Morgan fingerprint density at radius 2 is 2.03 bits per heavy atom. The van der Waals surface area contributed by atoms with Crippen molar-refractivity contribution in [1.82, 2.24) is 15.1 Å². The standard InChI is InChI=1S/C22H33N3O5S2/c1-13(32-31-3)27-15-11-18(28-16(15)12-26)25-10-9-17(24(2)21-22(25)30-21)23-20-19(29-20)14-7-5-4-6-8-14/h4-8,13,15-23,26H,9-12H2,1-3H3. The summed E-state index contributed by atoms with van der Waals surface area (Å²) in [4.78, 5) is 4.56. The first kappa shape index (κ1) is 23.3. The number of nitrogens with one attached hydrogen (secondary N) is 1. The molecule has 0 aliphatic carbocycles. The van der Waals surface area contributed by atoms with E-state index in [1.807, 2.05) is 31.4 Å². The van der Waals surface area contributed by atoms with Crippen LogP contribution in [-0.2, 0) is 18.9 Å². The first-order valence-electron chi connectivity index (χ1n) is 11.3. The van der Waals surface area contributed by atoms with E-state index in [0.717, 1.165) is 19.4 Å². The lowest BCUT2D eigenvalue weighted by atomic mass is 10.1. The second-order valence-electron chi connectivity index (χ2n) is 8.73. The fraction of sp³-hybridized carbons (Fsp3) is 0.727. The van der Waals surface area contributed by atoms with Crippen molar-refractivity contribution < 1.29 is 24.1 Å². The Morgan fingerprint density at radius 1 is 1.22 bits per heavy atom. The zero-order chi connectivity index (χ0) is 22.2. The van der Waals surface area contributed by atoms with Crippen LogP contribution in [0.25, 0.3) is 0 Å². The first-order chi connectivity index (χ1) is 15.6. The van der Waals surface area contributed by atoms with E-state index in [-0.39, 0.29) is 61.4 Å². The number of fused-ring (bicyclic) bond motifs is 1. The third-order valence-corrected chi connectivity index (χ3v) is 8.60. The Hall–Kier alpha value is -0.400. The molecular formula is C22H33N3O5S2. The molecule has 0 spiro atoms. The predicted molar refractivity (Wildman–Crippen MR) is 125 cm³/mol. The highest BCUT2D eigenvalue weighted by Crippen LogP contribution is 2.41. The maximum Gasteiger partial charge on any atom is 0.155 e. The number of likely N-dealkylation sites (N-methyl/N-ethyl adjacent to an activating group) is 1. The molecule has 9 atom stereocenters. The van der Waals surface area contributed by atoms with E-state index < -0.39 is 0 Å². The molecular weight excluding hydrogens is 450 g/mol. The number of nitrogens with zero attached hydrogens (tertiary/aromatic N) is 2. The summed E-state index contributed by atoms with van der Waals surface area (Å²) < 4.78 is 24.3. The molecule has 2 N–H and O–H groups in total. The molecule has 1 aromatic carbocycles. The van der Waals surface area contributed by atoms with Gasteiger partial charge in [0.2, 0.25) is 0 Å². The van der Waals surface area contributed by atoms with Crippen molar-refractivity contribution in [2.45, 2.75) is 74.6 Å². The van der Waals surface area contributed by atoms with Crippen LogP contribution >= 0.6 is 21.6 Å². The molecule has 0 aromatic heterocycles. The number of aliphatic hydroxyl groups is 1. The topological polar surface area (TPSA) is 82.3 Å². The van der Waals surface area contributed by atoms with Crippen LogP contribution < -0.4 is 5.32 Å². The number of hydrogen-bond donors (Lipinski definition) is 2. The van der Waals surface area contributed by atoms with Crippen molar-refractivity contribution in [2.24, 2.45) is 0 Å². The molecule has 1 aromatic rings. The minimum Gasteiger partial charge on any atom is -0.394 e. The van der Waals surface area contributed by atoms with Gasteiger partial charge in [-0.05, 0) is 32.2 Å². The molecule has 8 nitrogen and oxygen atoms in total. The Morgan fingerprint density at radius 3 is 2.78 bits per heavy atom. The summed E-state index contributed by atoms with van der Waals surface area (Å²) in [7, 11) is 5.47. The van der Waals surface area contributed by atoms with E-state index in [1.165, 1.54) is 5.56 Å². The summed E-state index contributed by atoms with van der Waals surface area (Å²) in [6.07, 6.45) is 3.53. The van der Waals surface area contributed by atoms with Gasteiger partial charge in [-0.3, -0.25) is 10.2 Å². The lowest BCUT2D eigenvalue weighted by molar-refractivity contribution is -0.0981. The van der Waals surface area contributed by atoms with E-state index in [1.54, 1.807) is 21.6 Å². The lowest BCUT2D eigenvalue weighted by Crippen LogP contribution is -2.46. The molecule has 4 fully saturated rings. The second-order valence-corrected chi connectivity index (χ2v) is 11.5. The average molecular weight is 484 g/mol. The van der Waals surface area contributed by atoms with Crippen LogP contribution in [0, 0.1) is 0 Å². The molecule has 10 heteroatoms. The van der Waals surface area contributed by atoms with Crippen LogP contribution in [0.3, 0.4) is 0 Å². The van der Waals surface area contributed by atoms with Gasteiger partial charge in [0.05, 0.1) is 18.9 Å². The zero-order valence-corrected chi connectivity index (χ0v) is 20.3. The van der Waals surface area contributed by atoms with Crippen LogP contribution in [-0.4, -0.2) is 90.1 Å². The molecule has 0 bridgehead atoms. The van der Waals surface area contributed by atoms with Crippen LogP contribution in [0.2, 0.25) is 0 Å². The molecule has 9 unspecified atom stereocenters. The molecule has 4 saturated heterocycles. The molecule has 0 amide bonds. The lowest BCUT2D eigenvalue weighted by Gasteiger charge is -2.28. The molecule has 178 valence electrons. The summed E-state index contributed by atoms with van der Waals surface area (Å²) in [5.41, 5.74) is 1.26. The minimum atomic E-state index is -0.302. The van der Waals surface area contributed by atoms with Crippen LogP contribution in [0.5, 0.6) is 0 Å². The Balaban J connectivity index is 1.18. The average Bonchev–Trinajstić information content (AvgIpc) is 3.70. The molecule has 4 aliphatic rings. The summed E-state index contributed by atoms with van der Waals surface area (Å²) in [6, 6.07) is 10.3. The van der Waals surface area contributed by atoms with Gasteiger partial charge in [0.15, 0.2) is 12.5 Å². The van der Waals surface area contributed by atoms with Crippen molar-refractivity contribution in [1.29, 1.82) is 0 Å². The van der Waals surface area contributed by atoms with E-state index >= 15 is 0 Å². The largest absolute Gasteiger partial charge is 0.394 e. The van der Waals surface area contributed by atoms with Gasteiger partial charge < -0.3 is 24.1 Å². The van der Waals surface area contributed by atoms with E-state index in [4.69, 9.17) is 18.9 Å². The van der Waals surface area contributed by atoms with Crippen LogP contribution in [0.4, 0.5) is 0 Å². The predicted octanol–water partition coefficient (Wildman–Crippen LogP) is 2.17.